The Hall–Kier alpha value is -3.87. The Bertz CT molecular complexity index is 1390. The van der Waals surface area contributed by atoms with E-state index in [2.05, 4.69) is 53.8 Å². The second-order valence-corrected chi connectivity index (χ2v) is 9.09. The summed E-state index contributed by atoms with van der Waals surface area (Å²) >= 11 is 0. The Kier molecular flexibility index (Phi) is 7.68. The minimum atomic E-state index is 0. The molecule has 188 valence electrons. The summed E-state index contributed by atoms with van der Waals surface area (Å²) < 4.78 is 16.6. The lowest BCUT2D eigenvalue weighted by Crippen LogP contribution is -2.30. The van der Waals surface area contributed by atoms with Crippen molar-refractivity contribution in [2.24, 2.45) is 5.92 Å². The minimum absolute atomic E-state index is 0. The molecule has 4 heterocycles. The average Bonchev–Trinajstić information content (AvgIpc) is 3.68. The molecule has 0 aliphatic carbocycles. The third-order valence-electron chi connectivity index (χ3n) is 6.70. The van der Waals surface area contributed by atoms with Crippen molar-refractivity contribution in [1.82, 2.24) is 15.3 Å². The molecule has 5 aromatic rings. The van der Waals surface area contributed by atoms with Gasteiger partial charge >= 0.3 is 0 Å². The summed E-state index contributed by atoms with van der Waals surface area (Å²) in [5, 5.41) is 3.40. The topological polar surface area (TPSA) is 73.3 Å². The van der Waals surface area contributed by atoms with Crippen LogP contribution in [0.5, 0.6) is 5.88 Å². The fourth-order valence-electron chi connectivity index (χ4n) is 4.61. The largest absolute Gasteiger partial charge is 0.476 e. The van der Waals surface area contributed by atoms with E-state index in [9.17, 15) is 0 Å². The van der Waals surface area contributed by atoms with Crippen LogP contribution in [0.2, 0.25) is 0 Å². The Labute approximate surface area is 222 Å². The summed E-state index contributed by atoms with van der Waals surface area (Å²) in [4.78, 5) is 9.75. The van der Waals surface area contributed by atoms with Crippen molar-refractivity contribution in [2.75, 3.05) is 19.7 Å². The van der Waals surface area contributed by atoms with Crippen LogP contribution >= 0.6 is 12.4 Å². The number of benzene rings is 2. The first-order valence-electron chi connectivity index (χ1n) is 12.3. The van der Waals surface area contributed by atoms with E-state index in [4.69, 9.17) is 23.5 Å². The summed E-state index contributed by atoms with van der Waals surface area (Å²) in [7, 11) is 0. The first-order valence-corrected chi connectivity index (χ1v) is 12.3. The molecule has 6 rings (SSSR count). The third-order valence-corrected chi connectivity index (χ3v) is 6.70. The highest BCUT2D eigenvalue weighted by Crippen LogP contribution is 2.33. The molecule has 0 spiro atoms. The lowest BCUT2D eigenvalue weighted by Gasteiger charge is -2.22. The van der Waals surface area contributed by atoms with Gasteiger partial charge in [0.1, 0.15) is 5.69 Å². The maximum absolute atomic E-state index is 6.13. The Morgan fingerprint density at radius 1 is 0.703 bits per heavy atom. The van der Waals surface area contributed by atoms with Crippen LogP contribution in [0.4, 0.5) is 0 Å². The summed E-state index contributed by atoms with van der Waals surface area (Å²) in [6.45, 7) is 2.75. The molecule has 7 heteroatoms. The number of piperidine rings is 1. The van der Waals surface area contributed by atoms with Crippen LogP contribution in [0.25, 0.3) is 44.8 Å². The van der Waals surface area contributed by atoms with Gasteiger partial charge in [-0.15, -0.1) is 12.4 Å². The molecule has 3 aromatic heterocycles. The van der Waals surface area contributed by atoms with E-state index in [1.165, 1.54) is 0 Å². The maximum Gasteiger partial charge on any atom is 0.232 e. The van der Waals surface area contributed by atoms with Crippen LogP contribution in [0.15, 0.2) is 101 Å². The molecule has 0 atom stereocenters. The van der Waals surface area contributed by atoms with Crippen LogP contribution in [0, 0.1) is 5.92 Å². The molecular weight excluding hydrogens is 486 g/mol. The number of ether oxygens (including phenoxy) is 1. The van der Waals surface area contributed by atoms with E-state index in [0.29, 0.717) is 18.4 Å². The molecular formula is C30H28ClN3O3. The van der Waals surface area contributed by atoms with Crippen molar-refractivity contribution >= 4 is 12.4 Å². The van der Waals surface area contributed by atoms with Gasteiger partial charge in [-0.1, -0.05) is 48.5 Å². The Balaban J connectivity index is 0.00000280. The zero-order valence-electron chi connectivity index (χ0n) is 20.3. The Morgan fingerprint density at radius 2 is 1.24 bits per heavy atom. The number of rotatable bonds is 7. The van der Waals surface area contributed by atoms with E-state index < -0.39 is 0 Å². The molecule has 0 bridgehead atoms. The minimum Gasteiger partial charge on any atom is -0.476 e. The Morgan fingerprint density at radius 3 is 1.78 bits per heavy atom. The smallest absolute Gasteiger partial charge is 0.232 e. The van der Waals surface area contributed by atoms with Crippen molar-refractivity contribution in [2.45, 2.75) is 12.8 Å². The van der Waals surface area contributed by atoms with E-state index in [-0.39, 0.29) is 12.4 Å². The fourth-order valence-corrected chi connectivity index (χ4v) is 4.61. The second-order valence-electron chi connectivity index (χ2n) is 9.09. The van der Waals surface area contributed by atoms with E-state index in [1.54, 1.807) is 31.2 Å². The highest BCUT2D eigenvalue weighted by Gasteiger charge is 2.17. The molecule has 1 aliphatic heterocycles. The third kappa shape index (κ3) is 5.61. The van der Waals surface area contributed by atoms with Crippen LogP contribution in [0.1, 0.15) is 12.8 Å². The van der Waals surface area contributed by atoms with E-state index in [1.807, 2.05) is 12.1 Å². The van der Waals surface area contributed by atoms with E-state index in [0.717, 1.165) is 70.7 Å². The SMILES string of the molecule is Cl.c1cc(-c2ccc(-c3ncc(OCC4CCNCC4)nc3-c3ccc(-c4ccoc4)cc3)cc2)co1. The molecule has 1 N–H and O–H groups in total. The summed E-state index contributed by atoms with van der Waals surface area (Å²) in [6, 6.07) is 20.5. The highest BCUT2D eigenvalue weighted by molar-refractivity contribution is 5.85. The van der Waals surface area contributed by atoms with Gasteiger partial charge in [0.05, 0.1) is 43.6 Å². The lowest BCUT2D eigenvalue weighted by molar-refractivity contribution is 0.208. The molecule has 0 radical (unpaired) electrons. The van der Waals surface area contributed by atoms with Gasteiger partial charge in [0.15, 0.2) is 0 Å². The number of hydrogen-bond donors (Lipinski definition) is 1. The number of halogens is 1. The van der Waals surface area contributed by atoms with Crippen LogP contribution < -0.4 is 10.1 Å². The monoisotopic (exact) mass is 513 g/mol. The van der Waals surface area contributed by atoms with Gasteiger partial charge in [-0.25, -0.2) is 9.97 Å². The zero-order valence-corrected chi connectivity index (χ0v) is 21.1. The molecule has 0 unspecified atom stereocenters. The van der Waals surface area contributed by atoms with Gasteiger partial charge in [0, 0.05) is 22.3 Å². The van der Waals surface area contributed by atoms with E-state index >= 15 is 0 Å². The summed E-state index contributed by atoms with van der Waals surface area (Å²) in [6.07, 6.45) is 10.8. The fraction of sp³-hybridized carbons (Fsp3) is 0.200. The van der Waals surface area contributed by atoms with Crippen molar-refractivity contribution in [3.63, 3.8) is 0 Å². The van der Waals surface area contributed by atoms with Crippen molar-refractivity contribution in [3.05, 3.63) is 91.9 Å². The predicted molar refractivity (Wildman–Crippen MR) is 147 cm³/mol. The quantitative estimate of drug-likeness (QED) is 0.249. The van der Waals surface area contributed by atoms with Gasteiger partial charge in [0.2, 0.25) is 5.88 Å². The molecule has 0 saturated carbocycles. The standard InChI is InChI=1S/C30H27N3O3.ClH/c1-5-24(6-2-22(1)26-11-15-34-19-26)29-30(25-7-3-23(4-8-25)27-12-16-35-20-27)33-28(17-32-29)36-18-21-9-13-31-14-10-21;/h1-8,11-12,15-17,19-21,31H,9-10,13-14,18H2;1H. The highest BCUT2D eigenvalue weighted by atomic mass is 35.5. The first-order chi connectivity index (χ1) is 17.8. The average molecular weight is 514 g/mol. The van der Waals surface area contributed by atoms with Gasteiger partial charge < -0.3 is 18.9 Å². The second kappa shape index (κ2) is 11.5. The van der Waals surface area contributed by atoms with Crippen LogP contribution in [-0.4, -0.2) is 29.7 Å². The molecule has 6 nitrogen and oxygen atoms in total. The summed E-state index contributed by atoms with van der Waals surface area (Å²) in [5.74, 6) is 1.10. The van der Waals surface area contributed by atoms with Crippen molar-refractivity contribution < 1.29 is 13.6 Å². The first kappa shape index (κ1) is 24.8. The van der Waals surface area contributed by atoms with Crippen molar-refractivity contribution in [1.29, 1.82) is 0 Å². The molecule has 1 fully saturated rings. The molecule has 1 saturated heterocycles. The van der Waals surface area contributed by atoms with Crippen LogP contribution in [0.3, 0.4) is 0 Å². The van der Waals surface area contributed by atoms with Crippen LogP contribution in [-0.2, 0) is 0 Å². The number of hydrogen-bond acceptors (Lipinski definition) is 6. The molecule has 37 heavy (non-hydrogen) atoms. The normalized spacial score (nSPS) is 13.7. The lowest BCUT2D eigenvalue weighted by atomic mass is 9.99. The molecule has 1 aliphatic rings. The van der Waals surface area contributed by atoms with Gasteiger partial charge in [0.25, 0.3) is 0 Å². The summed E-state index contributed by atoms with van der Waals surface area (Å²) in [5.41, 5.74) is 7.86. The molecule has 0 amide bonds. The van der Waals surface area contributed by atoms with Gasteiger partial charge in [-0.3, -0.25) is 0 Å². The van der Waals surface area contributed by atoms with Gasteiger partial charge in [-0.2, -0.15) is 0 Å². The number of furan rings is 2. The maximum atomic E-state index is 6.13. The molecule has 2 aromatic carbocycles. The number of aromatic nitrogens is 2. The number of nitrogens with zero attached hydrogens (tertiary/aromatic N) is 2. The predicted octanol–water partition coefficient (Wildman–Crippen LogP) is 7.13. The van der Waals surface area contributed by atoms with Gasteiger partial charge in [-0.05, 0) is 55.1 Å². The zero-order chi connectivity index (χ0) is 24.2. The number of nitrogens with one attached hydrogen (secondary N) is 1. The van der Waals surface area contributed by atoms with Crippen molar-refractivity contribution in [3.8, 4) is 50.6 Å².